The Bertz CT molecular complexity index is 3140. The number of fused-ring (bicyclic) bond motifs is 6. The molecule has 58 heavy (non-hydrogen) atoms. The maximum absolute atomic E-state index is 15.5. The molecule has 8 aromatic carbocycles. The van der Waals surface area contributed by atoms with Crippen LogP contribution in [0, 0.1) is 25.2 Å². The van der Waals surface area contributed by atoms with Gasteiger partial charge in [0.15, 0.2) is 0 Å². The predicted molar refractivity (Wildman–Crippen MR) is 231 cm³/mol. The van der Waals surface area contributed by atoms with Crippen LogP contribution in [0.4, 0.5) is 13.2 Å². The lowest BCUT2D eigenvalue weighted by molar-refractivity contribution is -0.137. The van der Waals surface area contributed by atoms with Gasteiger partial charge in [-0.15, -0.1) is 0 Å². The number of hydrogen-bond donors (Lipinski definition) is 0. The zero-order valence-electron chi connectivity index (χ0n) is 31.6. The van der Waals surface area contributed by atoms with Gasteiger partial charge in [-0.3, -0.25) is 0 Å². The molecule has 2 heterocycles. The van der Waals surface area contributed by atoms with Crippen molar-refractivity contribution in [1.29, 1.82) is 5.26 Å². The number of nitrogens with zero attached hydrogens (tertiary/aromatic N) is 3. The van der Waals surface area contributed by atoms with Crippen LogP contribution in [0.15, 0.2) is 170 Å². The second-order valence-electron chi connectivity index (χ2n) is 14.9. The Balaban J connectivity index is 1.40. The van der Waals surface area contributed by atoms with Crippen LogP contribution in [0.25, 0.3) is 88.4 Å². The average Bonchev–Trinajstić information content (AvgIpc) is 3.75. The second kappa shape index (κ2) is 13.4. The lowest BCUT2D eigenvalue weighted by atomic mass is 9.96. The highest BCUT2D eigenvalue weighted by Gasteiger charge is 2.34. The molecule has 6 heteroatoms. The summed E-state index contributed by atoms with van der Waals surface area (Å²) < 4.78 is 50.6. The third-order valence-corrected chi connectivity index (χ3v) is 11.4. The van der Waals surface area contributed by atoms with E-state index < -0.39 is 11.7 Å². The summed E-state index contributed by atoms with van der Waals surface area (Å²) in [6.07, 6.45) is -4.69. The molecule has 0 aliphatic heterocycles. The van der Waals surface area contributed by atoms with Crippen LogP contribution in [0.5, 0.6) is 0 Å². The van der Waals surface area contributed by atoms with E-state index in [0.717, 1.165) is 77.0 Å². The van der Waals surface area contributed by atoms with Crippen LogP contribution in [0.3, 0.4) is 0 Å². The van der Waals surface area contributed by atoms with Gasteiger partial charge in [0.1, 0.15) is 0 Å². The van der Waals surface area contributed by atoms with E-state index in [-0.39, 0.29) is 0 Å². The fourth-order valence-corrected chi connectivity index (χ4v) is 8.76. The molecule has 10 rings (SSSR count). The summed E-state index contributed by atoms with van der Waals surface area (Å²) in [6, 6.07) is 56.4. The van der Waals surface area contributed by atoms with Crippen molar-refractivity contribution in [3.05, 3.63) is 192 Å². The minimum Gasteiger partial charge on any atom is -0.309 e. The molecule has 3 nitrogen and oxygen atoms in total. The highest BCUT2D eigenvalue weighted by molar-refractivity contribution is 6.13. The van der Waals surface area contributed by atoms with Crippen LogP contribution in [-0.4, -0.2) is 9.13 Å². The molecular weight excluding hydrogens is 724 g/mol. The van der Waals surface area contributed by atoms with E-state index in [4.69, 9.17) is 0 Å². The summed E-state index contributed by atoms with van der Waals surface area (Å²) in [5.41, 5.74) is 10.8. The third kappa shape index (κ3) is 5.58. The van der Waals surface area contributed by atoms with Gasteiger partial charge in [0, 0.05) is 27.1 Å². The lowest BCUT2D eigenvalue weighted by Gasteiger charge is -2.23. The first kappa shape index (κ1) is 35.1. The summed E-state index contributed by atoms with van der Waals surface area (Å²) in [7, 11) is 0. The first-order valence-electron chi connectivity index (χ1n) is 19.1. The fraction of sp³-hybridized carbons (Fsp3) is 0.0577. The molecular formula is C52H34F3N3. The van der Waals surface area contributed by atoms with E-state index in [9.17, 15) is 5.26 Å². The summed E-state index contributed by atoms with van der Waals surface area (Å²) in [6.45, 7) is 4.12. The molecule has 0 spiro atoms. The molecule has 2 aromatic heterocycles. The van der Waals surface area contributed by atoms with Gasteiger partial charge in [0.25, 0.3) is 0 Å². The van der Waals surface area contributed by atoms with E-state index in [1.54, 1.807) is 18.2 Å². The monoisotopic (exact) mass is 757 g/mol. The Morgan fingerprint density at radius 2 is 0.914 bits per heavy atom. The van der Waals surface area contributed by atoms with Crippen LogP contribution in [0.1, 0.15) is 22.3 Å². The SMILES string of the molecule is Cc1ccccc1-c1ccc2c3ccccc3n(-c3cc(C(F)(F)F)cc(-n4c5ccccc5c5ccc(-c6ccccc6C)cc54)c3-c3cccc(C#N)c3)c2c1. The first-order chi connectivity index (χ1) is 28.2. The van der Waals surface area contributed by atoms with Crippen molar-refractivity contribution in [2.45, 2.75) is 20.0 Å². The number of aromatic nitrogens is 2. The number of alkyl halides is 3. The molecule has 0 atom stereocenters. The third-order valence-electron chi connectivity index (χ3n) is 11.4. The average molecular weight is 758 g/mol. The lowest BCUT2D eigenvalue weighted by Crippen LogP contribution is -2.11. The number of hydrogen-bond acceptors (Lipinski definition) is 1. The van der Waals surface area contributed by atoms with Crippen molar-refractivity contribution in [2.75, 3.05) is 0 Å². The number of rotatable bonds is 5. The maximum atomic E-state index is 15.5. The number of para-hydroxylation sites is 2. The summed E-state index contributed by atoms with van der Waals surface area (Å²) in [5.74, 6) is 0. The van der Waals surface area contributed by atoms with Crippen LogP contribution in [0.2, 0.25) is 0 Å². The van der Waals surface area contributed by atoms with Crippen LogP contribution in [-0.2, 0) is 6.18 Å². The van der Waals surface area contributed by atoms with Crippen molar-refractivity contribution < 1.29 is 13.2 Å². The summed E-state index contributed by atoms with van der Waals surface area (Å²) in [5, 5.41) is 13.8. The van der Waals surface area contributed by atoms with Crippen molar-refractivity contribution in [3.63, 3.8) is 0 Å². The Hall–Kier alpha value is -7.36. The smallest absolute Gasteiger partial charge is 0.309 e. The molecule has 0 unspecified atom stereocenters. The molecule has 0 aliphatic carbocycles. The van der Waals surface area contributed by atoms with Gasteiger partial charge in [0.05, 0.1) is 50.6 Å². The molecule has 10 aromatic rings. The molecule has 0 fully saturated rings. The van der Waals surface area contributed by atoms with Gasteiger partial charge < -0.3 is 9.13 Å². The number of benzene rings is 8. The van der Waals surface area contributed by atoms with Crippen LogP contribution < -0.4 is 0 Å². The van der Waals surface area contributed by atoms with E-state index in [0.29, 0.717) is 28.1 Å². The van der Waals surface area contributed by atoms with Gasteiger partial charge in [-0.25, -0.2) is 0 Å². The molecule has 0 N–H and O–H groups in total. The Labute approximate surface area is 333 Å². The van der Waals surface area contributed by atoms with Crippen molar-refractivity contribution in [3.8, 4) is 50.8 Å². The molecule has 0 aliphatic rings. The van der Waals surface area contributed by atoms with Gasteiger partial charge in [-0.2, -0.15) is 18.4 Å². The zero-order valence-corrected chi connectivity index (χ0v) is 31.6. The molecule has 0 saturated heterocycles. The standard InChI is InChI=1S/C52H34F3N3/c1-32-12-3-5-16-39(32)35-22-24-43-41-18-7-9-20-45(41)57(47(43)27-35)49-29-38(52(53,54)55)30-50(51(49)37-15-11-14-34(26-37)31-56)58-46-21-10-8-19-42(46)44-25-23-36(28-48(44)58)40-17-6-4-13-33(40)2/h3-30H,1-2H3. The molecule has 0 radical (unpaired) electrons. The van der Waals surface area contributed by atoms with Crippen molar-refractivity contribution in [1.82, 2.24) is 9.13 Å². The largest absolute Gasteiger partial charge is 0.416 e. The highest BCUT2D eigenvalue weighted by atomic mass is 19.4. The van der Waals surface area contributed by atoms with E-state index in [1.165, 1.54) is 12.1 Å². The Morgan fingerprint density at radius 3 is 1.40 bits per heavy atom. The van der Waals surface area contributed by atoms with Crippen molar-refractivity contribution in [2.24, 2.45) is 0 Å². The molecule has 0 bridgehead atoms. The van der Waals surface area contributed by atoms with E-state index >= 15 is 13.2 Å². The molecule has 278 valence electrons. The summed E-state index contributed by atoms with van der Waals surface area (Å²) in [4.78, 5) is 0. The van der Waals surface area contributed by atoms with Gasteiger partial charge in [-0.1, -0.05) is 121 Å². The summed E-state index contributed by atoms with van der Waals surface area (Å²) >= 11 is 0. The van der Waals surface area contributed by atoms with Crippen LogP contribution >= 0.6 is 0 Å². The first-order valence-corrected chi connectivity index (χ1v) is 19.1. The molecule has 0 saturated carbocycles. The predicted octanol–water partition coefficient (Wildman–Crippen LogP) is 14.4. The van der Waals surface area contributed by atoms with Gasteiger partial charge in [-0.05, 0) is 101 Å². The number of aryl methyl sites for hydroxylation is 2. The fourth-order valence-electron chi connectivity index (χ4n) is 8.76. The second-order valence-corrected chi connectivity index (χ2v) is 14.9. The maximum Gasteiger partial charge on any atom is 0.416 e. The Morgan fingerprint density at radius 1 is 0.448 bits per heavy atom. The highest BCUT2D eigenvalue weighted by Crippen LogP contribution is 2.46. The normalized spacial score (nSPS) is 11.9. The minimum absolute atomic E-state index is 0.356. The topological polar surface area (TPSA) is 33.6 Å². The minimum atomic E-state index is -4.69. The van der Waals surface area contributed by atoms with Gasteiger partial charge in [0.2, 0.25) is 0 Å². The van der Waals surface area contributed by atoms with Crippen molar-refractivity contribution >= 4 is 43.6 Å². The molecule has 0 amide bonds. The van der Waals surface area contributed by atoms with E-state index in [2.05, 4.69) is 80.6 Å². The van der Waals surface area contributed by atoms with Gasteiger partial charge >= 0.3 is 6.18 Å². The zero-order chi connectivity index (χ0) is 39.7. The number of halogens is 3. The number of nitriles is 1. The quantitative estimate of drug-likeness (QED) is 0.172. The van der Waals surface area contributed by atoms with E-state index in [1.807, 2.05) is 88.0 Å². The Kier molecular flexibility index (Phi) is 8.10.